The number of hydrogen-bond donors (Lipinski definition) is 1. The zero-order valence-corrected chi connectivity index (χ0v) is 11.4. The molecule has 17 heavy (non-hydrogen) atoms. The number of nitrogens with one attached hydrogen (secondary N) is 1. The van der Waals surface area contributed by atoms with Crippen molar-refractivity contribution in [2.75, 3.05) is 5.75 Å². The number of aryl methyl sites for hydroxylation is 1. The Balaban J connectivity index is 2.86. The zero-order chi connectivity index (χ0) is 12.9. The van der Waals surface area contributed by atoms with Crippen molar-refractivity contribution in [2.45, 2.75) is 39.7 Å². The quantitative estimate of drug-likeness (QED) is 0.848. The smallest absolute Gasteiger partial charge is 0.212 e. The van der Waals surface area contributed by atoms with Crippen molar-refractivity contribution in [3.05, 3.63) is 29.6 Å². The first-order valence-electron chi connectivity index (χ1n) is 5.92. The third-order valence-electron chi connectivity index (χ3n) is 2.47. The minimum atomic E-state index is -3.19. The van der Waals surface area contributed by atoms with E-state index in [-0.39, 0.29) is 11.8 Å². The van der Waals surface area contributed by atoms with E-state index in [1.54, 1.807) is 0 Å². The molecule has 0 radical (unpaired) electrons. The summed E-state index contributed by atoms with van der Waals surface area (Å²) in [6.07, 6.45) is 1.31. The van der Waals surface area contributed by atoms with E-state index in [0.717, 1.165) is 11.4 Å². The molecule has 0 amide bonds. The maximum Gasteiger partial charge on any atom is 0.212 e. The van der Waals surface area contributed by atoms with Crippen LogP contribution in [0.3, 0.4) is 0 Å². The molecule has 0 saturated carbocycles. The third-order valence-corrected chi connectivity index (χ3v) is 4.06. The van der Waals surface area contributed by atoms with Crippen molar-refractivity contribution >= 4 is 10.0 Å². The monoisotopic (exact) mass is 256 g/mol. The minimum Gasteiger partial charge on any atom is -0.256 e. The normalized spacial score (nSPS) is 13.6. The van der Waals surface area contributed by atoms with E-state index in [9.17, 15) is 8.42 Å². The van der Waals surface area contributed by atoms with Gasteiger partial charge < -0.3 is 0 Å². The first kappa shape index (κ1) is 14.1. The summed E-state index contributed by atoms with van der Waals surface area (Å²) in [7, 11) is -3.19. The number of hydrogen-bond acceptors (Lipinski definition) is 3. The lowest BCUT2D eigenvalue weighted by Gasteiger charge is -2.16. The van der Waals surface area contributed by atoms with Crippen LogP contribution in [-0.2, 0) is 10.0 Å². The molecule has 1 N–H and O–H groups in total. The Morgan fingerprint density at radius 3 is 2.59 bits per heavy atom. The van der Waals surface area contributed by atoms with Crippen molar-refractivity contribution in [3.8, 4) is 0 Å². The summed E-state index contributed by atoms with van der Waals surface area (Å²) in [5.74, 6) is 0.162. The van der Waals surface area contributed by atoms with Crippen molar-refractivity contribution in [1.29, 1.82) is 0 Å². The van der Waals surface area contributed by atoms with Crippen LogP contribution in [0, 0.1) is 6.92 Å². The Morgan fingerprint density at radius 2 is 2.06 bits per heavy atom. The van der Waals surface area contributed by atoms with Gasteiger partial charge in [0.2, 0.25) is 10.0 Å². The van der Waals surface area contributed by atoms with E-state index >= 15 is 0 Å². The molecule has 0 saturated heterocycles. The summed E-state index contributed by atoms with van der Waals surface area (Å²) in [4.78, 5) is 4.36. The minimum absolute atomic E-state index is 0.162. The first-order chi connectivity index (χ1) is 7.98. The Labute approximate surface area is 104 Å². The molecular weight excluding hydrogens is 236 g/mol. The van der Waals surface area contributed by atoms with Crippen LogP contribution >= 0.6 is 0 Å². The highest BCUT2D eigenvalue weighted by Crippen LogP contribution is 2.15. The van der Waals surface area contributed by atoms with Crippen LogP contribution in [0.15, 0.2) is 18.2 Å². The second-order valence-corrected chi connectivity index (χ2v) is 5.97. The predicted molar refractivity (Wildman–Crippen MR) is 69.2 cm³/mol. The van der Waals surface area contributed by atoms with Crippen LogP contribution in [-0.4, -0.2) is 19.2 Å². The van der Waals surface area contributed by atoms with Gasteiger partial charge in [-0.1, -0.05) is 19.9 Å². The molecule has 0 aromatic carbocycles. The molecule has 0 aliphatic carbocycles. The highest BCUT2D eigenvalue weighted by atomic mass is 32.2. The van der Waals surface area contributed by atoms with Crippen LogP contribution in [0.4, 0.5) is 0 Å². The number of nitrogens with zero attached hydrogens (tertiary/aromatic N) is 1. The summed E-state index contributed by atoms with van der Waals surface area (Å²) in [5, 5.41) is 0. The van der Waals surface area contributed by atoms with Crippen LogP contribution in [0.2, 0.25) is 0 Å². The highest BCUT2D eigenvalue weighted by Gasteiger charge is 2.18. The molecule has 1 aromatic heterocycles. The Kier molecular flexibility index (Phi) is 5.08. The van der Waals surface area contributed by atoms with Crippen molar-refractivity contribution in [1.82, 2.24) is 9.71 Å². The number of aromatic nitrogens is 1. The van der Waals surface area contributed by atoms with Crippen LogP contribution < -0.4 is 4.72 Å². The molecule has 1 heterocycles. The molecular formula is C12H20N2O2S. The standard InChI is InChI=1S/C12H20N2O2S/c1-4-9-17(15,16)14-11(5-2)12-8-6-7-10(3)13-12/h6-8,11,14H,4-5,9H2,1-3H3. The molecule has 1 rings (SSSR count). The van der Waals surface area contributed by atoms with Gasteiger partial charge in [-0.05, 0) is 31.9 Å². The Hall–Kier alpha value is -0.940. The SMILES string of the molecule is CCCS(=O)(=O)NC(CC)c1cccc(C)n1. The van der Waals surface area contributed by atoms with Gasteiger partial charge in [0.25, 0.3) is 0 Å². The largest absolute Gasteiger partial charge is 0.256 e. The molecule has 0 spiro atoms. The van der Waals surface area contributed by atoms with E-state index in [2.05, 4.69) is 9.71 Å². The number of sulfonamides is 1. The summed E-state index contributed by atoms with van der Waals surface area (Å²) in [6, 6.07) is 5.42. The summed E-state index contributed by atoms with van der Waals surface area (Å²) in [5.41, 5.74) is 1.68. The molecule has 1 aromatic rings. The van der Waals surface area contributed by atoms with E-state index in [1.165, 1.54) is 0 Å². The predicted octanol–water partition coefficient (Wildman–Crippen LogP) is 2.17. The number of pyridine rings is 1. The molecule has 1 atom stereocenters. The highest BCUT2D eigenvalue weighted by molar-refractivity contribution is 7.89. The van der Waals surface area contributed by atoms with Crippen molar-refractivity contribution in [3.63, 3.8) is 0 Å². The van der Waals surface area contributed by atoms with Gasteiger partial charge in [-0.3, -0.25) is 4.98 Å². The van der Waals surface area contributed by atoms with Gasteiger partial charge in [-0.2, -0.15) is 0 Å². The summed E-state index contributed by atoms with van der Waals surface area (Å²) >= 11 is 0. The summed E-state index contributed by atoms with van der Waals surface area (Å²) < 4.78 is 26.1. The lowest BCUT2D eigenvalue weighted by atomic mass is 10.1. The fourth-order valence-electron chi connectivity index (χ4n) is 1.66. The van der Waals surface area contributed by atoms with Crippen LogP contribution in [0.1, 0.15) is 44.1 Å². The summed E-state index contributed by atoms with van der Waals surface area (Å²) in [6.45, 7) is 5.70. The maximum atomic E-state index is 11.7. The van der Waals surface area contributed by atoms with Gasteiger partial charge >= 0.3 is 0 Å². The van der Waals surface area contributed by atoms with Gasteiger partial charge in [0, 0.05) is 5.69 Å². The van der Waals surface area contributed by atoms with Gasteiger partial charge in [-0.25, -0.2) is 13.1 Å². The first-order valence-corrected chi connectivity index (χ1v) is 7.57. The molecule has 0 bridgehead atoms. The fraction of sp³-hybridized carbons (Fsp3) is 0.583. The van der Waals surface area contributed by atoms with Gasteiger partial charge in [0.1, 0.15) is 0 Å². The lowest BCUT2D eigenvalue weighted by Crippen LogP contribution is -2.30. The van der Waals surface area contributed by atoms with Crippen LogP contribution in [0.5, 0.6) is 0 Å². The second-order valence-electron chi connectivity index (χ2n) is 4.10. The molecule has 1 unspecified atom stereocenters. The van der Waals surface area contributed by atoms with Crippen LogP contribution in [0.25, 0.3) is 0 Å². The topological polar surface area (TPSA) is 59.1 Å². The van der Waals surface area contributed by atoms with Crippen molar-refractivity contribution < 1.29 is 8.42 Å². The van der Waals surface area contributed by atoms with Gasteiger partial charge in [0.05, 0.1) is 17.5 Å². The molecule has 5 heteroatoms. The maximum absolute atomic E-state index is 11.7. The third kappa shape index (κ3) is 4.44. The van der Waals surface area contributed by atoms with E-state index < -0.39 is 10.0 Å². The number of rotatable bonds is 6. The van der Waals surface area contributed by atoms with Crippen molar-refractivity contribution in [2.24, 2.45) is 0 Å². The van der Waals surface area contributed by atoms with Gasteiger partial charge in [0.15, 0.2) is 0 Å². The lowest BCUT2D eigenvalue weighted by molar-refractivity contribution is 0.543. The fourth-order valence-corrected chi connectivity index (χ4v) is 3.03. The van der Waals surface area contributed by atoms with Gasteiger partial charge in [-0.15, -0.1) is 0 Å². The Bertz CT molecular complexity index is 457. The second kappa shape index (κ2) is 6.12. The molecule has 0 aliphatic heterocycles. The van der Waals surface area contributed by atoms with E-state index in [0.29, 0.717) is 12.8 Å². The Morgan fingerprint density at radius 1 is 1.35 bits per heavy atom. The average molecular weight is 256 g/mol. The molecule has 96 valence electrons. The molecule has 0 aliphatic rings. The zero-order valence-electron chi connectivity index (χ0n) is 10.6. The molecule has 4 nitrogen and oxygen atoms in total. The van der Waals surface area contributed by atoms with E-state index in [1.807, 2.05) is 39.0 Å². The van der Waals surface area contributed by atoms with E-state index in [4.69, 9.17) is 0 Å². The average Bonchev–Trinajstić information content (AvgIpc) is 2.26. The molecule has 0 fully saturated rings.